The van der Waals surface area contributed by atoms with Crippen molar-refractivity contribution >= 4 is 5.91 Å². The molecule has 100 valence electrons. The highest BCUT2D eigenvalue weighted by atomic mass is 16.2. The molecule has 5 heteroatoms. The van der Waals surface area contributed by atoms with Crippen LogP contribution < -0.4 is 10.7 Å². The standard InChI is InChI=1S/C13H21N3O2/c1-4-16(5-2)7-6-14-13(18)11-9-15-10(3)8-12(11)17/h8-9H,4-7H2,1-3H3,(H,14,18)(H,15,17). The van der Waals surface area contributed by atoms with Crippen molar-refractivity contribution in [2.24, 2.45) is 0 Å². The topological polar surface area (TPSA) is 65.2 Å². The number of nitrogens with one attached hydrogen (secondary N) is 2. The summed E-state index contributed by atoms with van der Waals surface area (Å²) in [6.45, 7) is 9.20. The van der Waals surface area contributed by atoms with E-state index in [1.165, 1.54) is 12.3 Å². The number of likely N-dealkylation sites (N-methyl/N-ethyl adjacent to an activating group) is 1. The molecule has 0 aliphatic carbocycles. The monoisotopic (exact) mass is 251 g/mol. The molecule has 0 atom stereocenters. The molecule has 1 amide bonds. The van der Waals surface area contributed by atoms with Crippen molar-refractivity contribution in [3.8, 4) is 0 Å². The Morgan fingerprint density at radius 1 is 1.39 bits per heavy atom. The first-order chi connectivity index (χ1) is 8.58. The van der Waals surface area contributed by atoms with E-state index in [2.05, 4.69) is 29.0 Å². The Morgan fingerprint density at radius 3 is 2.61 bits per heavy atom. The zero-order valence-electron chi connectivity index (χ0n) is 11.2. The van der Waals surface area contributed by atoms with Gasteiger partial charge in [0.05, 0.1) is 0 Å². The zero-order chi connectivity index (χ0) is 13.5. The minimum atomic E-state index is -0.316. The second-order valence-corrected chi connectivity index (χ2v) is 4.18. The third kappa shape index (κ3) is 4.00. The normalized spacial score (nSPS) is 10.7. The number of aryl methyl sites for hydroxylation is 1. The molecule has 0 bridgehead atoms. The SMILES string of the molecule is CCN(CC)CCNC(=O)c1c[nH]c(C)cc1=O. The first-order valence-electron chi connectivity index (χ1n) is 6.28. The van der Waals surface area contributed by atoms with E-state index in [-0.39, 0.29) is 16.9 Å². The van der Waals surface area contributed by atoms with E-state index in [1.807, 2.05) is 0 Å². The molecule has 0 aromatic carbocycles. The van der Waals surface area contributed by atoms with Crippen LogP contribution in [-0.2, 0) is 0 Å². The number of H-pyrrole nitrogens is 1. The van der Waals surface area contributed by atoms with Gasteiger partial charge >= 0.3 is 0 Å². The molecule has 0 aliphatic heterocycles. The fourth-order valence-corrected chi connectivity index (χ4v) is 1.71. The summed E-state index contributed by atoms with van der Waals surface area (Å²) in [5, 5.41) is 2.76. The van der Waals surface area contributed by atoms with Gasteiger partial charge < -0.3 is 15.2 Å². The Balaban J connectivity index is 2.53. The van der Waals surface area contributed by atoms with Crippen LogP contribution in [0.1, 0.15) is 29.9 Å². The van der Waals surface area contributed by atoms with Gasteiger partial charge in [0.15, 0.2) is 5.43 Å². The molecular formula is C13H21N3O2. The molecule has 18 heavy (non-hydrogen) atoms. The first kappa shape index (κ1) is 14.4. The van der Waals surface area contributed by atoms with E-state index in [4.69, 9.17) is 0 Å². The lowest BCUT2D eigenvalue weighted by Gasteiger charge is -2.17. The molecule has 0 radical (unpaired) electrons. The second kappa shape index (κ2) is 6.96. The van der Waals surface area contributed by atoms with Crippen molar-refractivity contribution < 1.29 is 4.79 Å². The molecule has 2 N–H and O–H groups in total. The molecule has 1 heterocycles. The van der Waals surface area contributed by atoms with Crippen LogP contribution >= 0.6 is 0 Å². The summed E-state index contributed by atoms with van der Waals surface area (Å²) in [5.74, 6) is -0.316. The van der Waals surface area contributed by atoms with E-state index < -0.39 is 0 Å². The van der Waals surface area contributed by atoms with Crippen molar-refractivity contribution in [3.63, 3.8) is 0 Å². The summed E-state index contributed by atoms with van der Waals surface area (Å²) in [5.41, 5.74) is 0.673. The van der Waals surface area contributed by atoms with E-state index >= 15 is 0 Å². The number of hydrogen-bond acceptors (Lipinski definition) is 3. The summed E-state index contributed by atoms with van der Waals surface area (Å²) < 4.78 is 0. The number of carbonyl (C=O) groups excluding carboxylic acids is 1. The van der Waals surface area contributed by atoms with Crippen molar-refractivity contribution in [1.82, 2.24) is 15.2 Å². The first-order valence-corrected chi connectivity index (χ1v) is 6.28. The van der Waals surface area contributed by atoms with Gasteiger partial charge in [0.1, 0.15) is 5.56 Å². The summed E-state index contributed by atoms with van der Waals surface area (Å²) >= 11 is 0. The summed E-state index contributed by atoms with van der Waals surface area (Å²) in [6, 6.07) is 1.43. The third-order valence-electron chi connectivity index (χ3n) is 2.91. The highest BCUT2D eigenvalue weighted by Gasteiger charge is 2.09. The van der Waals surface area contributed by atoms with Crippen molar-refractivity contribution in [2.75, 3.05) is 26.2 Å². The number of amides is 1. The minimum Gasteiger partial charge on any atom is -0.364 e. The van der Waals surface area contributed by atoms with Gasteiger partial charge in [0, 0.05) is 31.0 Å². The number of carbonyl (C=O) groups is 1. The molecule has 1 rings (SSSR count). The zero-order valence-corrected chi connectivity index (χ0v) is 11.2. The van der Waals surface area contributed by atoms with Gasteiger partial charge in [-0.3, -0.25) is 9.59 Å². The maximum Gasteiger partial charge on any atom is 0.256 e. The molecular weight excluding hydrogens is 230 g/mol. The fraction of sp³-hybridized carbons (Fsp3) is 0.538. The predicted molar refractivity (Wildman–Crippen MR) is 71.9 cm³/mol. The number of hydrogen-bond donors (Lipinski definition) is 2. The van der Waals surface area contributed by atoms with Crippen LogP contribution in [0.3, 0.4) is 0 Å². The maximum absolute atomic E-state index is 11.8. The van der Waals surface area contributed by atoms with Crippen LogP contribution in [0.25, 0.3) is 0 Å². The summed E-state index contributed by atoms with van der Waals surface area (Å²) in [4.78, 5) is 28.5. The molecule has 1 aromatic heterocycles. The van der Waals surface area contributed by atoms with E-state index in [0.29, 0.717) is 6.54 Å². The fourth-order valence-electron chi connectivity index (χ4n) is 1.71. The minimum absolute atomic E-state index is 0.167. The number of aromatic amines is 1. The number of rotatable bonds is 6. The van der Waals surface area contributed by atoms with E-state index in [0.717, 1.165) is 25.3 Å². The van der Waals surface area contributed by atoms with Gasteiger partial charge in [-0.15, -0.1) is 0 Å². The van der Waals surface area contributed by atoms with Crippen LogP contribution in [0.4, 0.5) is 0 Å². The number of aromatic nitrogens is 1. The largest absolute Gasteiger partial charge is 0.364 e. The van der Waals surface area contributed by atoms with Gasteiger partial charge in [-0.25, -0.2) is 0 Å². The molecule has 0 saturated carbocycles. The van der Waals surface area contributed by atoms with Crippen molar-refractivity contribution in [2.45, 2.75) is 20.8 Å². The molecule has 0 aliphatic rings. The van der Waals surface area contributed by atoms with Gasteiger partial charge in [0.2, 0.25) is 0 Å². The molecule has 0 spiro atoms. The van der Waals surface area contributed by atoms with E-state index in [9.17, 15) is 9.59 Å². The average Bonchev–Trinajstić information content (AvgIpc) is 2.34. The molecule has 0 unspecified atom stereocenters. The molecule has 1 aromatic rings. The summed E-state index contributed by atoms with van der Waals surface area (Å²) in [7, 11) is 0. The van der Waals surface area contributed by atoms with Gasteiger partial charge in [-0.2, -0.15) is 0 Å². The van der Waals surface area contributed by atoms with Crippen LogP contribution in [0, 0.1) is 6.92 Å². The van der Waals surface area contributed by atoms with Crippen LogP contribution in [-0.4, -0.2) is 42.0 Å². The Hall–Kier alpha value is -1.62. The maximum atomic E-state index is 11.8. The quantitative estimate of drug-likeness (QED) is 0.784. The van der Waals surface area contributed by atoms with Crippen LogP contribution in [0.5, 0.6) is 0 Å². The highest BCUT2D eigenvalue weighted by molar-refractivity contribution is 5.93. The Morgan fingerprint density at radius 2 is 2.06 bits per heavy atom. The van der Waals surface area contributed by atoms with Crippen molar-refractivity contribution in [1.29, 1.82) is 0 Å². The second-order valence-electron chi connectivity index (χ2n) is 4.18. The average molecular weight is 251 g/mol. The Kier molecular flexibility index (Phi) is 5.58. The van der Waals surface area contributed by atoms with Crippen molar-refractivity contribution in [3.05, 3.63) is 33.7 Å². The smallest absolute Gasteiger partial charge is 0.256 e. The molecule has 0 fully saturated rings. The Labute approximate surface area is 107 Å². The van der Waals surface area contributed by atoms with E-state index in [1.54, 1.807) is 6.92 Å². The number of pyridine rings is 1. The van der Waals surface area contributed by atoms with Crippen LogP contribution in [0.15, 0.2) is 17.1 Å². The van der Waals surface area contributed by atoms with Crippen LogP contribution in [0.2, 0.25) is 0 Å². The lowest BCUT2D eigenvalue weighted by atomic mass is 10.2. The lowest BCUT2D eigenvalue weighted by molar-refractivity contribution is 0.0947. The summed E-state index contributed by atoms with van der Waals surface area (Å²) in [6.07, 6.45) is 1.46. The number of nitrogens with zero attached hydrogens (tertiary/aromatic N) is 1. The highest BCUT2D eigenvalue weighted by Crippen LogP contribution is 1.92. The van der Waals surface area contributed by atoms with Gasteiger partial charge in [-0.05, 0) is 20.0 Å². The lowest BCUT2D eigenvalue weighted by Crippen LogP contribution is -2.36. The predicted octanol–water partition coefficient (Wildman–Crippen LogP) is 0.755. The van der Waals surface area contributed by atoms with Gasteiger partial charge in [0.25, 0.3) is 5.91 Å². The van der Waals surface area contributed by atoms with Gasteiger partial charge in [-0.1, -0.05) is 13.8 Å². The Bertz CT molecular complexity index is 450. The molecule has 5 nitrogen and oxygen atoms in total. The third-order valence-corrected chi connectivity index (χ3v) is 2.91. The molecule has 0 saturated heterocycles.